The Labute approximate surface area is 129 Å². The van der Waals surface area contributed by atoms with Gasteiger partial charge in [-0.1, -0.05) is 31.2 Å². The summed E-state index contributed by atoms with van der Waals surface area (Å²) in [5, 5.41) is 3.49. The molecule has 2 rings (SSSR count). The van der Waals surface area contributed by atoms with Crippen LogP contribution in [-0.4, -0.2) is 43.8 Å². The van der Waals surface area contributed by atoms with Crippen molar-refractivity contribution < 1.29 is 4.74 Å². The van der Waals surface area contributed by atoms with Crippen LogP contribution in [0, 0.1) is 0 Å². The van der Waals surface area contributed by atoms with E-state index in [1.807, 2.05) is 0 Å². The molecule has 118 valence electrons. The van der Waals surface area contributed by atoms with E-state index in [-0.39, 0.29) is 0 Å². The SMILES string of the molecule is CCCNCCc1ccccc1CN(C)C1CCOC1C. The van der Waals surface area contributed by atoms with Crippen LogP contribution in [0.2, 0.25) is 0 Å². The Morgan fingerprint density at radius 3 is 2.67 bits per heavy atom. The van der Waals surface area contributed by atoms with Crippen molar-refractivity contribution in [1.29, 1.82) is 0 Å². The minimum Gasteiger partial charge on any atom is -0.377 e. The fourth-order valence-electron chi connectivity index (χ4n) is 3.17. The molecule has 0 amide bonds. The molecule has 1 saturated heterocycles. The Kier molecular flexibility index (Phi) is 6.68. The van der Waals surface area contributed by atoms with E-state index in [1.165, 1.54) is 17.5 Å². The Hall–Kier alpha value is -0.900. The maximum Gasteiger partial charge on any atom is 0.0703 e. The van der Waals surface area contributed by atoms with E-state index in [2.05, 4.69) is 55.4 Å². The molecule has 3 heteroatoms. The average molecular weight is 290 g/mol. The van der Waals surface area contributed by atoms with E-state index in [0.29, 0.717) is 12.1 Å². The summed E-state index contributed by atoms with van der Waals surface area (Å²) in [6.07, 6.45) is 3.82. The Morgan fingerprint density at radius 2 is 2.00 bits per heavy atom. The lowest BCUT2D eigenvalue weighted by atomic mass is 10.0. The van der Waals surface area contributed by atoms with Gasteiger partial charge in [0, 0.05) is 19.2 Å². The molecule has 1 N–H and O–H groups in total. The van der Waals surface area contributed by atoms with Gasteiger partial charge in [-0.2, -0.15) is 0 Å². The maximum atomic E-state index is 5.69. The van der Waals surface area contributed by atoms with E-state index in [9.17, 15) is 0 Å². The van der Waals surface area contributed by atoms with Gasteiger partial charge in [0.25, 0.3) is 0 Å². The standard InChI is InChI=1S/C18H30N2O/c1-4-11-19-12-9-16-7-5-6-8-17(16)14-20(3)18-10-13-21-15(18)2/h5-8,15,18-19H,4,9-14H2,1-3H3. The normalized spacial score (nSPS) is 22.1. The summed E-state index contributed by atoms with van der Waals surface area (Å²) < 4.78 is 5.69. The highest BCUT2D eigenvalue weighted by atomic mass is 16.5. The molecule has 1 aliphatic rings. The second-order valence-electron chi connectivity index (χ2n) is 6.12. The summed E-state index contributed by atoms with van der Waals surface area (Å²) in [6, 6.07) is 9.40. The second-order valence-corrected chi connectivity index (χ2v) is 6.12. The van der Waals surface area contributed by atoms with Gasteiger partial charge in [-0.25, -0.2) is 0 Å². The van der Waals surface area contributed by atoms with Gasteiger partial charge in [-0.05, 0) is 57.5 Å². The lowest BCUT2D eigenvalue weighted by molar-refractivity contribution is 0.0813. The van der Waals surface area contributed by atoms with Crippen molar-refractivity contribution in [2.45, 2.75) is 51.8 Å². The van der Waals surface area contributed by atoms with Crippen LogP contribution in [0.25, 0.3) is 0 Å². The van der Waals surface area contributed by atoms with Gasteiger partial charge in [-0.3, -0.25) is 4.90 Å². The monoisotopic (exact) mass is 290 g/mol. The fourth-order valence-corrected chi connectivity index (χ4v) is 3.17. The van der Waals surface area contributed by atoms with E-state index in [1.54, 1.807) is 0 Å². The predicted molar refractivity (Wildman–Crippen MR) is 88.6 cm³/mol. The molecule has 0 aromatic heterocycles. The van der Waals surface area contributed by atoms with E-state index < -0.39 is 0 Å². The van der Waals surface area contributed by atoms with Gasteiger partial charge in [-0.15, -0.1) is 0 Å². The van der Waals surface area contributed by atoms with Gasteiger partial charge in [0.1, 0.15) is 0 Å². The van der Waals surface area contributed by atoms with Crippen molar-refractivity contribution in [1.82, 2.24) is 10.2 Å². The van der Waals surface area contributed by atoms with Gasteiger partial charge in [0.15, 0.2) is 0 Å². The molecule has 1 heterocycles. The highest BCUT2D eigenvalue weighted by Gasteiger charge is 2.27. The maximum absolute atomic E-state index is 5.69. The van der Waals surface area contributed by atoms with Crippen molar-refractivity contribution in [2.24, 2.45) is 0 Å². The fraction of sp³-hybridized carbons (Fsp3) is 0.667. The number of rotatable bonds is 8. The second kappa shape index (κ2) is 8.52. The van der Waals surface area contributed by atoms with Gasteiger partial charge >= 0.3 is 0 Å². The van der Waals surface area contributed by atoms with E-state index in [0.717, 1.165) is 39.1 Å². The summed E-state index contributed by atoms with van der Waals surface area (Å²) in [5.41, 5.74) is 2.93. The molecule has 2 unspecified atom stereocenters. The third kappa shape index (κ3) is 4.80. The van der Waals surface area contributed by atoms with Crippen molar-refractivity contribution >= 4 is 0 Å². The number of hydrogen-bond donors (Lipinski definition) is 1. The summed E-state index contributed by atoms with van der Waals surface area (Å²) in [5.74, 6) is 0. The number of nitrogens with one attached hydrogen (secondary N) is 1. The molecule has 2 atom stereocenters. The van der Waals surface area contributed by atoms with Gasteiger partial charge in [0.2, 0.25) is 0 Å². The van der Waals surface area contributed by atoms with E-state index in [4.69, 9.17) is 4.74 Å². The van der Waals surface area contributed by atoms with Crippen LogP contribution in [0.15, 0.2) is 24.3 Å². The highest BCUT2D eigenvalue weighted by molar-refractivity contribution is 5.27. The molecule has 1 fully saturated rings. The van der Waals surface area contributed by atoms with Crippen molar-refractivity contribution in [3.05, 3.63) is 35.4 Å². The summed E-state index contributed by atoms with van der Waals surface area (Å²) in [6.45, 7) is 8.49. The Bertz CT molecular complexity index is 421. The highest BCUT2D eigenvalue weighted by Crippen LogP contribution is 2.21. The number of benzene rings is 1. The molecule has 0 radical (unpaired) electrons. The third-order valence-corrected chi connectivity index (χ3v) is 4.44. The first-order chi connectivity index (χ1) is 10.2. The summed E-state index contributed by atoms with van der Waals surface area (Å²) in [7, 11) is 2.22. The topological polar surface area (TPSA) is 24.5 Å². The van der Waals surface area contributed by atoms with Crippen LogP contribution in [-0.2, 0) is 17.7 Å². The Morgan fingerprint density at radius 1 is 1.24 bits per heavy atom. The lowest BCUT2D eigenvalue weighted by Crippen LogP contribution is -2.36. The first kappa shape index (κ1) is 16.5. The molecule has 21 heavy (non-hydrogen) atoms. The quantitative estimate of drug-likeness (QED) is 0.745. The van der Waals surface area contributed by atoms with Crippen molar-refractivity contribution in [3.63, 3.8) is 0 Å². The van der Waals surface area contributed by atoms with Crippen LogP contribution in [0.3, 0.4) is 0 Å². The van der Waals surface area contributed by atoms with Crippen LogP contribution < -0.4 is 5.32 Å². The van der Waals surface area contributed by atoms with Crippen molar-refractivity contribution in [3.8, 4) is 0 Å². The molecule has 1 aromatic carbocycles. The third-order valence-electron chi connectivity index (χ3n) is 4.44. The van der Waals surface area contributed by atoms with E-state index >= 15 is 0 Å². The minimum absolute atomic E-state index is 0.355. The Balaban J connectivity index is 1.92. The zero-order valence-corrected chi connectivity index (χ0v) is 13.8. The molecule has 1 aromatic rings. The lowest BCUT2D eigenvalue weighted by Gasteiger charge is -2.27. The number of hydrogen-bond acceptors (Lipinski definition) is 3. The van der Waals surface area contributed by atoms with Crippen LogP contribution >= 0.6 is 0 Å². The molecular formula is C18H30N2O. The number of nitrogens with zero attached hydrogens (tertiary/aromatic N) is 1. The first-order valence-electron chi connectivity index (χ1n) is 8.31. The van der Waals surface area contributed by atoms with Gasteiger partial charge < -0.3 is 10.1 Å². The van der Waals surface area contributed by atoms with Crippen LogP contribution in [0.1, 0.15) is 37.8 Å². The molecule has 0 spiro atoms. The zero-order valence-electron chi connectivity index (χ0n) is 13.8. The zero-order chi connectivity index (χ0) is 15.1. The summed E-state index contributed by atoms with van der Waals surface area (Å²) >= 11 is 0. The number of likely N-dealkylation sites (N-methyl/N-ethyl adjacent to an activating group) is 1. The molecule has 1 aliphatic heterocycles. The summed E-state index contributed by atoms with van der Waals surface area (Å²) in [4.78, 5) is 2.45. The van der Waals surface area contributed by atoms with Gasteiger partial charge in [0.05, 0.1) is 6.10 Å². The first-order valence-corrected chi connectivity index (χ1v) is 8.31. The number of ether oxygens (including phenoxy) is 1. The molecular weight excluding hydrogens is 260 g/mol. The largest absolute Gasteiger partial charge is 0.377 e. The molecule has 0 saturated carbocycles. The predicted octanol–water partition coefficient (Wildman–Crippen LogP) is 2.84. The molecule has 0 bridgehead atoms. The minimum atomic E-state index is 0.355. The van der Waals surface area contributed by atoms with Crippen LogP contribution in [0.5, 0.6) is 0 Å². The molecule has 3 nitrogen and oxygen atoms in total. The molecule has 0 aliphatic carbocycles. The smallest absolute Gasteiger partial charge is 0.0703 e. The average Bonchev–Trinajstić information content (AvgIpc) is 2.91. The van der Waals surface area contributed by atoms with Crippen molar-refractivity contribution in [2.75, 3.05) is 26.7 Å². The van der Waals surface area contributed by atoms with Crippen LogP contribution in [0.4, 0.5) is 0 Å².